The number of hydrogen-bond acceptors (Lipinski definition) is 4. The summed E-state index contributed by atoms with van der Waals surface area (Å²) in [6.07, 6.45) is 3.68. The van der Waals surface area contributed by atoms with E-state index < -0.39 is 11.9 Å². The van der Waals surface area contributed by atoms with Gasteiger partial charge in [-0.15, -0.1) is 0 Å². The molecule has 22 heavy (non-hydrogen) atoms. The molecule has 1 rings (SSSR count). The number of unbranched alkanes of at least 4 members (excludes halogenated alkanes) is 2. The molecule has 0 fully saturated rings. The zero-order valence-corrected chi connectivity index (χ0v) is 16.7. The second-order valence-electron chi connectivity index (χ2n) is 4.61. The van der Waals surface area contributed by atoms with E-state index in [1.54, 1.807) is 24.3 Å². The molecule has 0 aliphatic carbocycles. The summed E-state index contributed by atoms with van der Waals surface area (Å²) in [4.78, 5) is 24.2. The van der Waals surface area contributed by atoms with Crippen LogP contribution in [0.5, 0.6) is 0 Å². The van der Waals surface area contributed by atoms with Crippen molar-refractivity contribution in [1.29, 1.82) is 0 Å². The van der Waals surface area contributed by atoms with E-state index in [0.717, 1.165) is 34.5 Å². The lowest BCUT2D eigenvalue weighted by molar-refractivity contribution is 0.0453. The summed E-state index contributed by atoms with van der Waals surface area (Å²) in [7, 11) is 0. The van der Waals surface area contributed by atoms with E-state index in [-0.39, 0.29) is 11.1 Å². The highest BCUT2D eigenvalue weighted by atomic mass is 127. The van der Waals surface area contributed by atoms with Gasteiger partial charge in [0.25, 0.3) is 0 Å². The molecule has 0 aliphatic heterocycles. The molecule has 0 aliphatic rings. The molecule has 0 bridgehead atoms. The Kier molecular flexibility index (Phi) is 10.8. The van der Waals surface area contributed by atoms with Gasteiger partial charge >= 0.3 is 11.9 Å². The zero-order valence-electron chi connectivity index (χ0n) is 12.4. The minimum absolute atomic E-state index is 0.274. The van der Waals surface area contributed by atoms with Crippen molar-refractivity contribution < 1.29 is 19.1 Å². The summed E-state index contributed by atoms with van der Waals surface area (Å²) in [5.41, 5.74) is 0.548. The lowest BCUT2D eigenvalue weighted by atomic mass is 10.1. The Morgan fingerprint density at radius 2 is 1.18 bits per heavy atom. The van der Waals surface area contributed by atoms with Crippen molar-refractivity contribution in [2.24, 2.45) is 0 Å². The summed E-state index contributed by atoms with van der Waals surface area (Å²) in [5, 5.41) is 0. The van der Waals surface area contributed by atoms with Crippen molar-refractivity contribution in [3.63, 3.8) is 0 Å². The minimum Gasteiger partial charge on any atom is -0.462 e. The van der Waals surface area contributed by atoms with Gasteiger partial charge in [0.2, 0.25) is 0 Å². The van der Waals surface area contributed by atoms with Crippen molar-refractivity contribution in [3.05, 3.63) is 35.4 Å². The largest absolute Gasteiger partial charge is 0.462 e. The Hall–Kier alpha value is -0.380. The second kappa shape index (κ2) is 12.1. The molecule has 0 radical (unpaired) electrons. The Bertz CT molecular complexity index is 434. The highest BCUT2D eigenvalue weighted by Crippen LogP contribution is 2.13. The summed E-state index contributed by atoms with van der Waals surface area (Å²) in [6, 6.07) is 6.63. The molecule has 0 saturated carbocycles. The highest BCUT2D eigenvalue weighted by Gasteiger charge is 2.18. The fourth-order valence-corrected chi connectivity index (χ4v) is 2.80. The highest BCUT2D eigenvalue weighted by molar-refractivity contribution is 14.1. The fourth-order valence-electron chi connectivity index (χ4n) is 1.72. The molecular formula is C16H20I2O4. The first-order valence-corrected chi connectivity index (χ1v) is 10.3. The van der Waals surface area contributed by atoms with Crippen molar-refractivity contribution in [1.82, 2.24) is 0 Å². The van der Waals surface area contributed by atoms with Crippen LogP contribution in [0.15, 0.2) is 24.3 Å². The Morgan fingerprint density at radius 1 is 0.773 bits per heavy atom. The number of rotatable bonds is 10. The van der Waals surface area contributed by atoms with E-state index in [0.29, 0.717) is 13.2 Å². The normalized spacial score (nSPS) is 10.3. The van der Waals surface area contributed by atoms with E-state index in [1.165, 1.54) is 0 Å². The van der Waals surface area contributed by atoms with Crippen molar-refractivity contribution in [2.45, 2.75) is 25.7 Å². The SMILES string of the molecule is O=C(OCCCCI)c1ccccc1C(=O)OCCCCI. The van der Waals surface area contributed by atoms with Crippen LogP contribution in [-0.4, -0.2) is 34.0 Å². The molecule has 0 atom stereocenters. The third-order valence-electron chi connectivity index (χ3n) is 2.89. The molecule has 0 N–H and O–H groups in total. The summed E-state index contributed by atoms with van der Waals surface area (Å²) in [6.45, 7) is 0.752. The van der Waals surface area contributed by atoms with Gasteiger partial charge in [0.05, 0.1) is 24.3 Å². The number of ether oxygens (including phenoxy) is 2. The molecule has 0 heterocycles. The van der Waals surface area contributed by atoms with Crippen molar-refractivity contribution in [3.8, 4) is 0 Å². The first-order valence-electron chi connectivity index (χ1n) is 7.26. The quantitative estimate of drug-likeness (QED) is 0.195. The summed E-state index contributed by atoms with van der Waals surface area (Å²) < 4.78 is 12.5. The number of carbonyl (C=O) groups is 2. The van der Waals surface area contributed by atoms with Gasteiger partial charge in [0, 0.05) is 0 Å². The lowest BCUT2D eigenvalue weighted by Crippen LogP contribution is -2.15. The number of carbonyl (C=O) groups excluding carboxylic acids is 2. The first-order chi connectivity index (χ1) is 10.7. The average molecular weight is 530 g/mol. The van der Waals surface area contributed by atoms with Gasteiger partial charge in [-0.2, -0.15) is 0 Å². The van der Waals surface area contributed by atoms with Crippen LogP contribution in [0, 0.1) is 0 Å². The molecule has 0 amide bonds. The molecule has 1 aromatic carbocycles. The van der Waals surface area contributed by atoms with Crippen LogP contribution < -0.4 is 0 Å². The number of halogens is 2. The lowest BCUT2D eigenvalue weighted by Gasteiger charge is -2.09. The van der Waals surface area contributed by atoms with E-state index in [1.807, 2.05) is 0 Å². The first kappa shape index (κ1) is 19.7. The van der Waals surface area contributed by atoms with E-state index >= 15 is 0 Å². The Morgan fingerprint density at radius 3 is 1.55 bits per heavy atom. The van der Waals surface area contributed by atoms with Gasteiger partial charge in [-0.25, -0.2) is 9.59 Å². The third-order valence-corrected chi connectivity index (χ3v) is 4.41. The number of esters is 2. The smallest absolute Gasteiger partial charge is 0.339 e. The zero-order chi connectivity index (χ0) is 16.2. The predicted octanol–water partition coefficient (Wildman–Crippen LogP) is 4.43. The van der Waals surface area contributed by atoms with Gasteiger partial charge in [0.1, 0.15) is 0 Å². The minimum atomic E-state index is -0.465. The Labute approximate surface area is 158 Å². The van der Waals surface area contributed by atoms with E-state index in [9.17, 15) is 9.59 Å². The maximum atomic E-state index is 12.1. The van der Waals surface area contributed by atoms with Gasteiger partial charge in [0.15, 0.2) is 0 Å². The van der Waals surface area contributed by atoms with Gasteiger partial charge in [-0.1, -0.05) is 57.3 Å². The van der Waals surface area contributed by atoms with E-state index in [2.05, 4.69) is 45.2 Å². The van der Waals surface area contributed by atoms with Crippen LogP contribution >= 0.6 is 45.2 Å². The molecule has 0 aromatic heterocycles. The van der Waals surface area contributed by atoms with Gasteiger partial charge in [-0.3, -0.25) is 0 Å². The molecule has 1 aromatic rings. The number of benzene rings is 1. The van der Waals surface area contributed by atoms with Gasteiger partial charge < -0.3 is 9.47 Å². The molecular weight excluding hydrogens is 510 g/mol. The summed E-state index contributed by atoms with van der Waals surface area (Å²) >= 11 is 4.57. The van der Waals surface area contributed by atoms with E-state index in [4.69, 9.17) is 9.47 Å². The van der Waals surface area contributed by atoms with Crippen LogP contribution in [0.1, 0.15) is 46.4 Å². The molecule has 0 spiro atoms. The molecule has 6 heteroatoms. The fraction of sp³-hybridized carbons (Fsp3) is 0.500. The topological polar surface area (TPSA) is 52.6 Å². The van der Waals surface area contributed by atoms with Gasteiger partial charge in [-0.05, 0) is 46.7 Å². The average Bonchev–Trinajstić information content (AvgIpc) is 2.55. The van der Waals surface area contributed by atoms with Crippen LogP contribution in [0.4, 0.5) is 0 Å². The number of alkyl halides is 2. The molecule has 122 valence electrons. The van der Waals surface area contributed by atoms with Crippen LogP contribution in [0.25, 0.3) is 0 Å². The maximum absolute atomic E-state index is 12.1. The predicted molar refractivity (Wildman–Crippen MR) is 103 cm³/mol. The molecule has 0 unspecified atom stereocenters. The van der Waals surface area contributed by atoms with Crippen LogP contribution in [0.3, 0.4) is 0 Å². The van der Waals surface area contributed by atoms with Crippen molar-refractivity contribution >= 4 is 57.1 Å². The van der Waals surface area contributed by atoms with Crippen LogP contribution in [-0.2, 0) is 9.47 Å². The molecule has 0 saturated heterocycles. The standard InChI is InChI=1S/C16H20I2O4/c17-9-3-5-11-21-15(19)13-7-1-2-8-14(13)16(20)22-12-6-4-10-18/h1-2,7-8H,3-6,9-12H2. The maximum Gasteiger partial charge on any atom is 0.339 e. The second-order valence-corrected chi connectivity index (χ2v) is 6.77. The summed E-state index contributed by atoms with van der Waals surface area (Å²) in [5.74, 6) is -0.929. The number of hydrogen-bond donors (Lipinski definition) is 0. The Balaban J connectivity index is 2.60. The third kappa shape index (κ3) is 7.26. The molecule has 4 nitrogen and oxygen atoms in total. The van der Waals surface area contributed by atoms with Crippen LogP contribution in [0.2, 0.25) is 0 Å². The monoisotopic (exact) mass is 530 g/mol. The van der Waals surface area contributed by atoms with Crippen molar-refractivity contribution in [2.75, 3.05) is 22.1 Å².